The van der Waals surface area contributed by atoms with Crippen LogP contribution in [0.2, 0.25) is 0 Å². The van der Waals surface area contributed by atoms with Gasteiger partial charge in [0.1, 0.15) is 6.04 Å². The Kier molecular flexibility index (Phi) is 4.28. The lowest BCUT2D eigenvalue weighted by atomic mass is 9.87. The number of carboxylic acids is 1. The maximum absolute atomic E-state index is 10.6. The van der Waals surface area contributed by atoms with Crippen molar-refractivity contribution in [1.82, 2.24) is 5.32 Å². The normalized spacial score (nSPS) is 23.9. The summed E-state index contributed by atoms with van der Waals surface area (Å²) in [6, 6.07) is -0.540. The summed E-state index contributed by atoms with van der Waals surface area (Å²) in [5, 5.41) is 11.6. The fourth-order valence-electron chi connectivity index (χ4n) is 1.87. The van der Waals surface area contributed by atoms with E-state index in [-0.39, 0.29) is 6.40 Å². The molecule has 0 heterocycles. The molecule has 2 atom stereocenters. The predicted octanol–water partition coefficient (Wildman–Crippen LogP) is 2.02. The van der Waals surface area contributed by atoms with E-state index in [1.54, 1.807) is 6.92 Å². The number of hydrogen-bond acceptors (Lipinski definition) is 2. The molecule has 0 bridgehead atoms. The van der Waals surface area contributed by atoms with Crippen molar-refractivity contribution in [2.75, 3.05) is 6.54 Å². The zero-order chi connectivity index (χ0) is 11.3. The molecule has 0 aliphatic heterocycles. The van der Waals surface area contributed by atoms with Crippen LogP contribution in [-0.4, -0.2) is 23.7 Å². The zero-order valence-electron chi connectivity index (χ0n) is 9.83. The van der Waals surface area contributed by atoms with E-state index >= 15 is 0 Å². The van der Waals surface area contributed by atoms with Gasteiger partial charge in [-0.2, -0.15) is 0 Å². The number of nitrogens with one attached hydrogen (secondary N) is 1. The van der Waals surface area contributed by atoms with Gasteiger partial charge < -0.3 is 10.4 Å². The van der Waals surface area contributed by atoms with Gasteiger partial charge in [0.2, 0.25) is 0 Å². The Labute approximate surface area is 87.3 Å². The summed E-state index contributed by atoms with van der Waals surface area (Å²) in [5.41, 5.74) is 0. The summed E-state index contributed by atoms with van der Waals surface area (Å²) >= 11 is 0. The number of carboxylic acid groups (broad SMARTS) is 1. The second-order valence-corrected chi connectivity index (χ2v) is 4.10. The van der Waals surface area contributed by atoms with Crippen LogP contribution < -0.4 is 5.32 Å². The van der Waals surface area contributed by atoms with Crippen molar-refractivity contribution in [1.29, 1.82) is 0 Å². The first kappa shape index (κ1) is 9.97. The van der Waals surface area contributed by atoms with Crippen LogP contribution >= 0.6 is 0 Å². The molecule has 0 amide bonds. The molecule has 1 rings (SSSR count). The van der Waals surface area contributed by atoms with Crippen LogP contribution in [0.1, 0.15) is 46.8 Å². The van der Waals surface area contributed by atoms with Crippen LogP contribution in [0.5, 0.6) is 0 Å². The minimum atomic E-state index is -0.842. The molecule has 82 valence electrons. The second-order valence-electron chi connectivity index (χ2n) is 4.10. The van der Waals surface area contributed by atoms with Gasteiger partial charge in [0.25, 0.3) is 0 Å². The van der Waals surface area contributed by atoms with Gasteiger partial charge in [-0.1, -0.05) is 32.1 Å². The smallest absolute Gasteiger partial charge is 0.320 e. The summed E-state index contributed by atoms with van der Waals surface area (Å²) in [6.45, 7) is 2.12. The average molecular weight is 200 g/mol. The SMILES string of the molecule is [2H]C(CN[C@@H](C)C(=O)O)C1CCCCC1. The van der Waals surface area contributed by atoms with Crippen LogP contribution in [0, 0.1) is 5.92 Å². The van der Waals surface area contributed by atoms with Crippen LogP contribution in [0.4, 0.5) is 0 Å². The Hall–Kier alpha value is -0.570. The van der Waals surface area contributed by atoms with E-state index in [0.717, 1.165) is 12.8 Å². The van der Waals surface area contributed by atoms with E-state index < -0.39 is 12.0 Å². The lowest BCUT2D eigenvalue weighted by molar-refractivity contribution is -0.139. The van der Waals surface area contributed by atoms with Gasteiger partial charge in [-0.15, -0.1) is 0 Å². The lowest BCUT2D eigenvalue weighted by Crippen LogP contribution is -2.35. The van der Waals surface area contributed by atoms with E-state index in [1.807, 2.05) is 0 Å². The number of rotatable bonds is 5. The maximum atomic E-state index is 10.6. The first-order chi connectivity index (χ1) is 7.11. The molecule has 0 aromatic rings. The molecule has 1 aliphatic carbocycles. The molecule has 0 radical (unpaired) electrons. The van der Waals surface area contributed by atoms with Crippen LogP contribution in [-0.2, 0) is 4.79 Å². The molecule has 2 N–H and O–H groups in total. The van der Waals surface area contributed by atoms with Gasteiger partial charge in [-0.05, 0) is 25.8 Å². The van der Waals surface area contributed by atoms with E-state index in [0.29, 0.717) is 12.5 Å². The van der Waals surface area contributed by atoms with Crippen molar-refractivity contribution in [2.45, 2.75) is 51.5 Å². The number of hydrogen-bond donors (Lipinski definition) is 2. The summed E-state index contributed by atoms with van der Waals surface area (Å²) in [4.78, 5) is 10.6. The van der Waals surface area contributed by atoms with Crippen molar-refractivity contribution < 1.29 is 11.3 Å². The highest BCUT2D eigenvalue weighted by Gasteiger charge is 2.14. The van der Waals surface area contributed by atoms with E-state index in [2.05, 4.69) is 5.32 Å². The Bertz CT molecular complexity index is 205. The summed E-state index contributed by atoms with van der Waals surface area (Å²) in [6.07, 6.45) is 5.88. The van der Waals surface area contributed by atoms with Crippen molar-refractivity contribution in [2.24, 2.45) is 5.92 Å². The van der Waals surface area contributed by atoms with Gasteiger partial charge in [0.15, 0.2) is 0 Å². The Morgan fingerprint density at radius 1 is 1.57 bits per heavy atom. The van der Waals surface area contributed by atoms with Crippen molar-refractivity contribution in [3.63, 3.8) is 0 Å². The topological polar surface area (TPSA) is 49.3 Å². The second kappa shape index (κ2) is 6.02. The van der Waals surface area contributed by atoms with Crippen molar-refractivity contribution in [3.05, 3.63) is 0 Å². The van der Waals surface area contributed by atoms with Gasteiger partial charge in [0, 0.05) is 1.37 Å². The highest BCUT2D eigenvalue weighted by molar-refractivity contribution is 5.72. The van der Waals surface area contributed by atoms with Gasteiger partial charge in [0.05, 0.1) is 0 Å². The average Bonchev–Trinajstić information content (AvgIpc) is 2.26. The molecule has 0 spiro atoms. The molecule has 1 fully saturated rings. The third kappa shape index (κ3) is 4.09. The van der Waals surface area contributed by atoms with Crippen molar-refractivity contribution >= 4 is 5.97 Å². The van der Waals surface area contributed by atoms with Gasteiger partial charge in [-0.25, -0.2) is 0 Å². The molecule has 3 nitrogen and oxygen atoms in total. The molecule has 3 heteroatoms. The van der Waals surface area contributed by atoms with Gasteiger partial charge in [-0.3, -0.25) is 4.79 Å². The molecule has 1 saturated carbocycles. The third-order valence-corrected chi connectivity index (χ3v) is 2.90. The monoisotopic (exact) mass is 200 g/mol. The van der Waals surface area contributed by atoms with Crippen LogP contribution in [0.25, 0.3) is 0 Å². The van der Waals surface area contributed by atoms with E-state index in [1.165, 1.54) is 19.3 Å². The highest BCUT2D eigenvalue weighted by Crippen LogP contribution is 2.25. The molecule has 1 unspecified atom stereocenters. The third-order valence-electron chi connectivity index (χ3n) is 2.90. The van der Waals surface area contributed by atoms with Crippen molar-refractivity contribution in [3.8, 4) is 0 Å². The predicted molar refractivity (Wildman–Crippen MR) is 56.3 cm³/mol. The largest absolute Gasteiger partial charge is 0.480 e. The summed E-state index contributed by atoms with van der Waals surface area (Å²) < 4.78 is 7.95. The van der Waals surface area contributed by atoms with E-state index in [9.17, 15) is 4.79 Å². The summed E-state index contributed by atoms with van der Waals surface area (Å²) in [7, 11) is 0. The lowest BCUT2D eigenvalue weighted by Gasteiger charge is -2.21. The molecule has 0 aromatic heterocycles. The first-order valence-corrected chi connectivity index (χ1v) is 5.49. The molecule has 0 aromatic carbocycles. The summed E-state index contributed by atoms with van der Waals surface area (Å²) in [5.74, 6) is -0.377. The standard InChI is InChI=1S/C11H21NO2/c1-9(11(13)14)12-8-7-10-5-3-2-4-6-10/h9-10,12H,2-8H2,1H3,(H,13,14)/t9-/m0/s1/i7D/t7?,9-. The van der Waals surface area contributed by atoms with Crippen LogP contribution in [0.3, 0.4) is 0 Å². The molecule has 1 aliphatic rings. The van der Waals surface area contributed by atoms with Crippen LogP contribution in [0.15, 0.2) is 0 Å². The number of carbonyl (C=O) groups is 1. The molecule has 0 saturated heterocycles. The quantitative estimate of drug-likeness (QED) is 0.714. The molecule has 14 heavy (non-hydrogen) atoms. The highest BCUT2D eigenvalue weighted by atomic mass is 16.4. The fourth-order valence-corrected chi connectivity index (χ4v) is 1.87. The number of aliphatic carboxylic acids is 1. The van der Waals surface area contributed by atoms with Gasteiger partial charge >= 0.3 is 5.97 Å². The van der Waals surface area contributed by atoms with E-state index in [4.69, 9.17) is 6.48 Å². The maximum Gasteiger partial charge on any atom is 0.320 e. The molecular weight excluding hydrogens is 178 g/mol. The Morgan fingerprint density at radius 2 is 2.21 bits per heavy atom. The molecular formula is C11H21NO2. The Morgan fingerprint density at radius 3 is 2.79 bits per heavy atom. The minimum Gasteiger partial charge on any atom is -0.480 e. The zero-order valence-corrected chi connectivity index (χ0v) is 8.83. The fraction of sp³-hybridized carbons (Fsp3) is 0.909. The minimum absolute atomic E-state index is 0.146. The Balaban J connectivity index is 2.22. The first-order valence-electron chi connectivity index (χ1n) is 6.07.